The molecule has 0 bridgehead atoms. The molecule has 4 fully saturated rings. The molecule has 0 aliphatic heterocycles. The van der Waals surface area contributed by atoms with Gasteiger partial charge in [-0.2, -0.15) is 0 Å². The van der Waals surface area contributed by atoms with Gasteiger partial charge >= 0.3 is 0 Å². The zero-order valence-electron chi connectivity index (χ0n) is 19.6. The van der Waals surface area contributed by atoms with Crippen molar-refractivity contribution in [1.29, 1.82) is 0 Å². The molecule has 1 unspecified atom stereocenters. The summed E-state index contributed by atoms with van der Waals surface area (Å²) in [5.74, 6) is 6.02. The van der Waals surface area contributed by atoms with Gasteiger partial charge in [0, 0.05) is 12.4 Å². The van der Waals surface area contributed by atoms with Crippen LogP contribution in [-0.4, -0.2) is 20.7 Å². The van der Waals surface area contributed by atoms with E-state index in [1.807, 2.05) is 12.4 Å². The maximum Gasteiger partial charge on any atom is 0.0622 e. The number of rotatable bonds is 3. The number of aliphatic hydroxyl groups is 1. The molecular formula is C27H42N2O. The van der Waals surface area contributed by atoms with Crippen molar-refractivity contribution in [3.05, 3.63) is 23.8 Å². The van der Waals surface area contributed by atoms with E-state index < -0.39 is 5.60 Å². The Morgan fingerprint density at radius 2 is 1.80 bits per heavy atom. The van der Waals surface area contributed by atoms with Crippen LogP contribution in [0, 0.1) is 53.8 Å². The number of fused-ring (bicyclic) bond motifs is 5. The number of aryl methyl sites for hydroxylation is 1. The SMILES string of the molecule is Cc1cncc(CC(C)[C@H]2CC[C@H]3[C@@H]4CC[C@@H]5C[C@](C)(O)CC[C@@H]5[C@H]4CC[C@]23C)n1. The van der Waals surface area contributed by atoms with Crippen molar-refractivity contribution in [3.63, 3.8) is 0 Å². The normalized spacial score (nSPS) is 46.6. The van der Waals surface area contributed by atoms with Gasteiger partial charge in [-0.05, 0) is 125 Å². The molecule has 1 aromatic rings. The largest absolute Gasteiger partial charge is 0.390 e. The van der Waals surface area contributed by atoms with E-state index in [-0.39, 0.29) is 0 Å². The Kier molecular flexibility index (Phi) is 5.28. The molecule has 4 aliphatic rings. The Morgan fingerprint density at radius 1 is 1.00 bits per heavy atom. The average Bonchev–Trinajstić information content (AvgIpc) is 3.04. The van der Waals surface area contributed by atoms with Crippen molar-refractivity contribution in [1.82, 2.24) is 9.97 Å². The summed E-state index contributed by atoms with van der Waals surface area (Å²) in [7, 11) is 0. The zero-order valence-corrected chi connectivity index (χ0v) is 19.6. The third-order valence-electron chi connectivity index (χ3n) is 10.3. The molecule has 4 aliphatic carbocycles. The van der Waals surface area contributed by atoms with Crippen LogP contribution in [0.2, 0.25) is 0 Å². The lowest BCUT2D eigenvalue weighted by Gasteiger charge is -2.57. The Balaban J connectivity index is 1.30. The fourth-order valence-corrected chi connectivity index (χ4v) is 9.14. The number of hydrogen-bond acceptors (Lipinski definition) is 3. The van der Waals surface area contributed by atoms with Gasteiger partial charge in [-0.1, -0.05) is 13.8 Å². The molecule has 30 heavy (non-hydrogen) atoms. The highest BCUT2D eigenvalue weighted by atomic mass is 16.3. The summed E-state index contributed by atoms with van der Waals surface area (Å²) in [6, 6.07) is 0. The van der Waals surface area contributed by atoms with Gasteiger partial charge in [0.1, 0.15) is 0 Å². The highest BCUT2D eigenvalue weighted by Crippen LogP contribution is 2.65. The lowest BCUT2D eigenvalue weighted by atomic mass is 9.48. The van der Waals surface area contributed by atoms with Crippen LogP contribution in [0.15, 0.2) is 12.4 Å². The van der Waals surface area contributed by atoms with Gasteiger partial charge in [0.2, 0.25) is 0 Å². The van der Waals surface area contributed by atoms with E-state index in [2.05, 4.69) is 32.7 Å². The first kappa shape index (κ1) is 20.9. The molecule has 4 saturated carbocycles. The van der Waals surface area contributed by atoms with Gasteiger partial charge < -0.3 is 5.11 Å². The molecule has 3 nitrogen and oxygen atoms in total. The summed E-state index contributed by atoms with van der Waals surface area (Å²) < 4.78 is 0. The Bertz CT molecular complexity index is 776. The minimum atomic E-state index is -0.399. The van der Waals surface area contributed by atoms with Crippen molar-refractivity contribution in [2.45, 2.75) is 97.5 Å². The average molecular weight is 411 g/mol. The molecule has 0 amide bonds. The van der Waals surface area contributed by atoms with Crippen LogP contribution in [0.25, 0.3) is 0 Å². The highest BCUT2D eigenvalue weighted by molar-refractivity contribution is 5.09. The molecule has 0 radical (unpaired) electrons. The molecule has 0 saturated heterocycles. The summed E-state index contributed by atoms with van der Waals surface area (Å²) in [6.45, 7) is 9.27. The molecule has 1 aromatic heterocycles. The fraction of sp³-hybridized carbons (Fsp3) is 0.852. The quantitative estimate of drug-likeness (QED) is 0.666. The zero-order chi connectivity index (χ0) is 21.1. The van der Waals surface area contributed by atoms with Crippen LogP contribution in [0.1, 0.15) is 89.9 Å². The van der Waals surface area contributed by atoms with Gasteiger partial charge in [0.25, 0.3) is 0 Å². The van der Waals surface area contributed by atoms with Gasteiger partial charge in [-0.15, -0.1) is 0 Å². The maximum atomic E-state index is 10.6. The van der Waals surface area contributed by atoms with Crippen molar-refractivity contribution < 1.29 is 5.11 Å². The Morgan fingerprint density at radius 3 is 2.60 bits per heavy atom. The first-order valence-corrected chi connectivity index (χ1v) is 12.8. The summed E-state index contributed by atoms with van der Waals surface area (Å²) >= 11 is 0. The number of hydrogen-bond donors (Lipinski definition) is 1. The van der Waals surface area contributed by atoms with Crippen LogP contribution < -0.4 is 0 Å². The standard InChI is InChI=1S/C27H42N2O/c1-17(13-20-16-28-15-18(2)29-20)24-7-8-25-23-6-5-19-14-26(3,30)11-9-21(19)22(23)10-12-27(24,25)4/h15-17,19,21-25,30H,5-14H2,1-4H3/t17?,19-,21+,22-,23-,24-,25+,26-,27-/m1/s1. The predicted octanol–water partition coefficient (Wildman–Crippen LogP) is 5.98. The smallest absolute Gasteiger partial charge is 0.0622 e. The number of aromatic nitrogens is 2. The fourth-order valence-electron chi connectivity index (χ4n) is 9.14. The van der Waals surface area contributed by atoms with Crippen molar-refractivity contribution in [3.8, 4) is 0 Å². The van der Waals surface area contributed by atoms with Crippen LogP contribution >= 0.6 is 0 Å². The number of nitrogens with zero attached hydrogens (tertiary/aromatic N) is 2. The lowest BCUT2D eigenvalue weighted by Crippen LogP contribution is -2.50. The monoisotopic (exact) mass is 410 g/mol. The van der Waals surface area contributed by atoms with Crippen LogP contribution in [0.3, 0.4) is 0 Å². The minimum absolute atomic E-state index is 0.399. The van der Waals surface area contributed by atoms with Crippen molar-refractivity contribution in [2.24, 2.45) is 46.8 Å². The second-order valence-electron chi connectivity index (χ2n) is 12.2. The molecule has 0 spiro atoms. The Labute approximate surface area is 183 Å². The van der Waals surface area contributed by atoms with Crippen molar-refractivity contribution in [2.75, 3.05) is 0 Å². The van der Waals surface area contributed by atoms with E-state index >= 15 is 0 Å². The second-order valence-corrected chi connectivity index (χ2v) is 12.2. The third-order valence-corrected chi connectivity index (χ3v) is 10.3. The first-order chi connectivity index (χ1) is 14.3. The molecule has 1 N–H and O–H groups in total. The van der Waals surface area contributed by atoms with E-state index in [4.69, 9.17) is 4.98 Å². The summed E-state index contributed by atoms with van der Waals surface area (Å²) in [6.07, 6.45) is 16.8. The van der Waals surface area contributed by atoms with Gasteiger partial charge in [0.05, 0.1) is 17.0 Å². The summed E-state index contributed by atoms with van der Waals surface area (Å²) in [5, 5.41) is 10.6. The molecule has 3 heteroatoms. The maximum absolute atomic E-state index is 10.6. The first-order valence-electron chi connectivity index (χ1n) is 12.8. The van der Waals surface area contributed by atoms with E-state index in [9.17, 15) is 5.11 Å². The molecule has 5 rings (SSSR count). The Hall–Kier alpha value is -0.960. The van der Waals surface area contributed by atoms with E-state index in [1.165, 1.54) is 50.6 Å². The van der Waals surface area contributed by atoms with E-state index in [0.717, 1.165) is 60.5 Å². The second kappa shape index (κ2) is 7.57. The molecule has 1 heterocycles. The lowest BCUT2D eigenvalue weighted by molar-refractivity contribution is -0.102. The van der Waals surface area contributed by atoms with Crippen LogP contribution in [-0.2, 0) is 6.42 Å². The van der Waals surface area contributed by atoms with Crippen LogP contribution in [0.4, 0.5) is 0 Å². The van der Waals surface area contributed by atoms with Gasteiger partial charge in [-0.3, -0.25) is 9.97 Å². The third kappa shape index (κ3) is 3.53. The summed E-state index contributed by atoms with van der Waals surface area (Å²) in [5.41, 5.74) is 2.34. The molecular weight excluding hydrogens is 368 g/mol. The molecule has 0 aromatic carbocycles. The van der Waals surface area contributed by atoms with E-state index in [0.29, 0.717) is 11.3 Å². The van der Waals surface area contributed by atoms with Crippen LogP contribution in [0.5, 0.6) is 0 Å². The molecule has 166 valence electrons. The van der Waals surface area contributed by atoms with Gasteiger partial charge in [-0.25, -0.2) is 0 Å². The van der Waals surface area contributed by atoms with E-state index in [1.54, 1.807) is 0 Å². The highest BCUT2D eigenvalue weighted by Gasteiger charge is 2.58. The van der Waals surface area contributed by atoms with Gasteiger partial charge in [0.15, 0.2) is 0 Å². The topological polar surface area (TPSA) is 46.0 Å². The van der Waals surface area contributed by atoms with Crippen molar-refractivity contribution >= 4 is 0 Å². The summed E-state index contributed by atoms with van der Waals surface area (Å²) in [4.78, 5) is 9.14. The minimum Gasteiger partial charge on any atom is -0.390 e. The molecule has 9 atom stereocenters. The predicted molar refractivity (Wildman–Crippen MR) is 121 cm³/mol.